The number of anilines is 2. The molecule has 0 spiro atoms. The van der Waals surface area contributed by atoms with Crippen molar-refractivity contribution >= 4 is 17.3 Å². The lowest BCUT2D eigenvalue weighted by molar-refractivity contribution is 0.0698. The van der Waals surface area contributed by atoms with Gasteiger partial charge < -0.3 is 16.6 Å². The lowest BCUT2D eigenvalue weighted by atomic mass is 10.0. The van der Waals surface area contributed by atoms with Crippen molar-refractivity contribution in [3.05, 3.63) is 48.0 Å². The molecule has 0 aliphatic heterocycles. The summed E-state index contributed by atoms with van der Waals surface area (Å²) in [6, 6.07) is 12.2. The second-order valence-electron chi connectivity index (χ2n) is 3.69. The zero-order valence-electron chi connectivity index (χ0n) is 9.05. The van der Waals surface area contributed by atoms with E-state index in [1.165, 1.54) is 6.07 Å². The Morgan fingerprint density at radius 2 is 1.71 bits per heavy atom. The molecule has 0 heterocycles. The highest BCUT2D eigenvalue weighted by Gasteiger charge is 2.09. The fourth-order valence-electron chi connectivity index (χ4n) is 1.68. The number of carbonyl (C=O) groups is 1. The standard InChI is InChI=1S/C13H12N2O2/c14-11-4-2-1-3-9(11)8-5-6-10(13(16)17)12(15)7-8/h1-7H,14-15H2,(H,16,17). The molecule has 0 unspecified atom stereocenters. The van der Waals surface area contributed by atoms with Gasteiger partial charge in [0.05, 0.1) is 5.56 Å². The third kappa shape index (κ3) is 2.06. The van der Waals surface area contributed by atoms with Crippen molar-refractivity contribution in [3.8, 4) is 11.1 Å². The summed E-state index contributed by atoms with van der Waals surface area (Å²) in [5.41, 5.74) is 14.2. The molecule has 0 atom stereocenters. The first-order chi connectivity index (χ1) is 8.09. The maximum atomic E-state index is 10.8. The minimum atomic E-state index is -1.03. The van der Waals surface area contributed by atoms with Crippen LogP contribution >= 0.6 is 0 Å². The van der Waals surface area contributed by atoms with Crippen LogP contribution in [0.15, 0.2) is 42.5 Å². The predicted molar refractivity (Wildman–Crippen MR) is 67.7 cm³/mol. The molecule has 0 aromatic heterocycles. The van der Waals surface area contributed by atoms with Crippen LogP contribution < -0.4 is 11.5 Å². The van der Waals surface area contributed by atoms with Crippen LogP contribution in [0.2, 0.25) is 0 Å². The number of nitrogen functional groups attached to an aromatic ring is 2. The summed E-state index contributed by atoms with van der Waals surface area (Å²) in [4.78, 5) is 10.8. The molecule has 86 valence electrons. The van der Waals surface area contributed by atoms with E-state index in [1.54, 1.807) is 18.2 Å². The molecule has 2 rings (SSSR count). The second kappa shape index (κ2) is 4.17. The van der Waals surface area contributed by atoms with E-state index < -0.39 is 5.97 Å². The van der Waals surface area contributed by atoms with Crippen molar-refractivity contribution in [3.63, 3.8) is 0 Å². The number of aromatic carboxylic acids is 1. The third-order valence-corrected chi connectivity index (χ3v) is 2.55. The van der Waals surface area contributed by atoms with E-state index >= 15 is 0 Å². The summed E-state index contributed by atoms with van der Waals surface area (Å²) in [5, 5.41) is 8.88. The van der Waals surface area contributed by atoms with E-state index in [0.29, 0.717) is 5.69 Å². The molecule has 0 aliphatic rings. The Morgan fingerprint density at radius 3 is 2.29 bits per heavy atom. The molecule has 4 heteroatoms. The fourth-order valence-corrected chi connectivity index (χ4v) is 1.68. The molecule has 0 aliphatic carbocycles. The van der Waals surface area contributed by atoms with Gasteiger partial charge >= 0.3 is 5.97 Å². The fraction of sp³-hybridized carbons (Fsp3) is 0. The van der Waals surface area contributed by atoms with Crippen LogP contribution in [0.5, 0.6) is 0 Å². The zero-order valence-corrected chi connectivity index (χ0v) is 9.05. The van der Waals surface area contributed by atoms with Gasteiger partial charge in [0.2, 0.25) is 0 Å². The average molecular weight is 228 g/mol. The van der Waals surface area contributed by atoms with Gasteiger partial charge in [-0.3, -0.25) is 0 Å². The lowest BCUT2D eigenvalue weighted by Gasteiger charge is -2.07. The smallest absolute Gasteiger partial charge is 0.337 e. The number of carboxylic acid groups (broad SMARTS) is 1. The number of benzene rings is 2. The number of nitrogens with two attached hydrogens (primary N) is 2. The maximum Gasteiger partial charge on any atom is 0.337 e. The van der Waals surface area contributed by atoms with Gasteiger partial charge in [0.1, 0.15) is 0 Å². The Kier molecular flexibility index (Phi) is 2.70. The monoisotopic (exact) mass is 228 g/mol. The van der Waals surface area contributed by atoms with Crippen LogP contribution in [0, 0.1) is 0 Å². The minimum Gasteiger partial charge on any atom is -0.478 e. The molecule has 0 saturated carbocycles. The van der Waals surface area contributed by atoms with E-state index in [9.17, 15) is 4.79 Å². The second-order valence-corrected chi connectivity index (χ2v) is 3.69. The first-order valence-corrected chi connectivity index (χ1v) is 5.07. The lowest BCUT2D eigenvalue weighted by Crippen LogP contribution is -2.02. The normalized spacial score (nSPS) is 10.1. The Labute approximate surface area is 98.5 Å². The molecular formula is C13H12N2O2. The molecule has 0 amide bonds. The summed E-state index contributed by atoms with van der Waals surface area (Å²) in [6.07, 6.45) is 0. The highest BCUT2D eigenvalue weighted by atomic mass is 16.4. The number of hydrogen-bond acceptors (Lipinski definition) is 3. The molecule has 17 heavy (non-hydrogen) atoms. The van der Waals surface area contributed by atoms with Crippen molar-refractivity contribution in [2.75, 3.05) is 11.5 Å². The Balaban J connectivity index is 2.52. The number of rotatable bonds is 2. The molecule has 5 N–H and O–H groups in total. The van der Waals surface area contributed by atoms with Gasteiger partial charge in [0.25, 0.3) is 0 Å². The van der Waals surface area contributed by atoms with E-state index in [0.717, 1.165) is 11.1 Å². The van der Waals surface area contributed by atoms with Crippen LogP contribution in [0.1, 0.15) is 10.4 Å². The zero-order chi connectivity index (χ0) is 12.4. The minimum absolute atomic E-state index is 0.100. The Morgan fingerprint density at radius 1 is 1.00 bits per heavy atom. The van der Waals surface area contributed by atoms with Crippen molar-refractivity contribution in [1.82, 2.24) is 0 Å². The molecule has 2 aromatic carbocycles. The van der Waals surface area contributed by atoms with E-state index in [1.807, 2.05) is 18.2 Å². The Bertz CT molecular complexity index is 579. The van der Waals surface area contributed by atoms with Gasteiger partial charge in [-0.1, -0.05) is 24.3 Å². The number of hydrogen-bond donors (Lipinski definition) is 3. The van der Waals surface area contributed by atoms with Crippen LogP contribution in [0.3, 0.4) is 0 Å². The van der Waals surface area contributed by atoms with Crippen molar-refractivity contribution in [2.45, 2.75) is 0 Å². The summed E-state index contributed by atoms with van der Waals surface area (Å²) in [7, 11) is 0. The van der Waals surface area contributed by atoms with Crippen LogP contribution in [-0.2, 0) is 0 Å². The van der Waals surface area contributed by atoms with Gasteiger partial charge in [0, 0.05) is 16.9 Å². The van der Waals surface area contributed by atoms with Gasteiger partial charge in [-0.2, -0.15) is 0 Å². The van der Waals surface area contributed by atoms with Gasteiger partial charge in [-0.25, -0.2) is 4.79 Å². The highest BCUT2D eigenvalue weighted by molar-refractivity contribution is 5.95. The molecule has 2 aromatic rings. The first-order valence-electron chi connectivity index (χ1n) is 5.07. The highest BCUT2D eigenvalue weighted by Crippen LogP contribution is 2.28. The van der Waals surface area contributed by atoms with Crippen LogP contribution in [-0.4, -0.2) is 11.1 Å². The van der Waals surface area contributed by atoms with E-state index in [-0.39, 0.29) is 11.3 Å². The SMILES string of the molecule is Nc1cc(-c2ccccc2N)ccc1C(=O)O. The number of carboxylic acids is 1. The molecule has 0 bridgehead atoms. The maximum absolute atomic E-state index is 10.8. The van der Waals surface area contributed by atoms with Crippen molar-refractivity contribution in [1.29, 1.82) is 0 Å². The molecule has 0 saturated heterocycles. The van der Waals surface area contributed by atoms with Crippen molar-refractivity contribution < 1.29 is 9.90 Å². The first kappa shape index (κ1) is 11.0. The predicted octanol–water partition coefficient (Wildman–Crippen LogP) is 2.22. The summed E-state index contributed by atoms with van der Waals surface area (Å²) >= 11 is 0. The number of para-hydroxylation sites is 1. The molecule has 0 radical (unpaired) electrons. The molecule has 4 nitrogen and oxygen atoms in total. The topological polar surface area (TPSA) is 89.3 Å². The summed E-state index contributed by atoms with van der Waals surface area (Å²) < 4.78 is 0. The van der Waals surface area contributed by atoms with Gasteiger partial charge in [-0.05, 0) is 23.8 Å². The third-order valence-electron chi connectivity index (χ3n) is 2.55. The van der Waals surface area contributed by atoms with Crippen LogP contribution in [0.25, 0.3) is 11.1 Å². The summed E-state index contributed by atoms with van der Waals surface area (Å²) in [5.74, 6) is -1.03. The Hall–Kier alpha value is -2.49. The van der Waals surface area contributed by atoms with Crippen molar-refractivity contribution in [2.24, 2.45) is 0 Å². The average Bonchev–Trinajstić information content (AvgIpc) is 2.29. The summed E-state index contributed by atoms with van der Waals surface area (Å²) in [6.45, 7) is 0. The van der Waals surface area contributed by atoms with E-state index in [2.05, 4.69) is 0 Å². The van der Waals surface area contributed by atoms with Gasteiger partial charge in [-0.15, -0.1) is 0 Å². The largest absolute Gasteiger partial charge is 0.478 e. The molecule has 0 fully saturated rings. The van der Waals surface area contributed by atoms with E-state index in [4.69, 9.17) is 16.6 Å². The molecular weight excluding hydrogens is 216 g/mol. The van der Waals surface area contributed by atoms with Gasteiger partial charge in [0.15, 0.2) is 0 Å². The quantitative estimate of drug-likeness (QED) is 0.687. The van der Waals surface area contributed by atoms with Crippen LogP contribution in [0.4, 0.5) is 11.4 Å².